The Hall–Kier alpha value is -3.68. The van der Waals surface area contributed by atoms with Gasteiger partial charge in [0, 0.05) is 34.5 Å². The number of halogens is 4. The molecule has 0 radical (unpaired) electrons. The highest BCUT2D eigenvalue weighted by Gasteiger charge is 2.20. The molecular weight excluding hydrogens is 519 g/mol. The van der Waals surface area contributed by atoms with Crippen molar-refractivity contribution in [3.8, 4) is 16.9 Å². The Kier molecular flexibility index (Phi) is 8.26. The topological polar surface area (TPSA) is 77.2 Å². The van der Waals surface area contributed by atoms with Gasteiger partial charge in [-0.05, 0) is 60.9 Å². The molecule has 4 aromatic rings. The SMILES string of the molecule is CC(Oc1cc(-c2ccc(C(=O)NCCc3ccccc3F)cc2)cnc1N)c1c(Cl)ccc(F)c1Cl. The fourth-order valence-corrected chi connectivity index (χ4v) is 4.48. The van der Waals surface area contributed by atoms with Gasteiger partial charge in [-0.2, -0.15) is 0 Å². The summed E-state index contributed by atoms with van der Waals surface area (Å²) in [5.41, 5.74) is 8.78. The predicted molar refractivity (Wildman–Crippen MR) is 142 cm³/mol. The van der Waals surface area contributed by atoms with E-state index in [9.17, 15) is 13.6 Å². The van der Waals surface area contributed by atoms with Gasteiger partial charge in [-0.25, -0.2) is 13.8 Å². The van der Waals surface area contributed by atoms with Gasteiger partial charge in [-0.3, -0.25) is 4.79 Å². The number of pyridine rings is 1. The third-order valence-corrected chi connectivity index (χ3v) is 6.50. The molecule has 0 bridgehead atoms. The molecule has 5 nitrogen and oxygen atoms in total. The monoisotopic (exact) mass is 541 g/mol. The average molecular weight is 542 g/mol. The maximum Gasteiger partial charge on any atom is 0.251 e. The van der Waals surface area contributed by atoms with Gasteiger partial charge in [0.15, 0.2) is 11.6 Å². The van der Waals surface area contributed by atoms with Crippen molar-refractivity contribution in [2.24, 2.45) is 0 Å². The molecule has 190 valence electrons. The zero-order valence-corrected chi connectivity index (χ0v) is 21.3. The molecule has 3 N–H and O–H groups in total. The number of nitrogen functional groups attached to an aromatic ring is 1. The van der Waals surface area contributed by atoms with Gasteiger partial charge in [0.2, 0.25) is 0 Å². The van der Waals surface area contributed by atoms with Gasteiger partial charge < -0.3 is 15.8 Å². The van der Waals surface area contributed by atoms with Crippen LogP contribution in [0, 0.1) is 11.6 Å². The molecule has 4 rings (SSSR count). The summed E-state index contributed by atoms with van der Waals surface area (Å²) >= 11 is 12.3. The van der Waals surface area contributed by atoms with Crippen LogP contribution in [0.25, 0.3) is 11.1 Å². The van der Waals surface area contributed by atoms with Crippen LogP contribution in [0.2, 0.25) is 10.0 Å². The number of rotatable bonds is 8. The first-order chi connectivity index (χ1) is 17.7. The van der Waals surface area contributed by atoms with E-state index in [0.29, 0.717) is 35.2 Å². The molecule has 1 aromatic heterocycles. The summed E-state index contributed by atoms with van der Waals surface area (Å²) in [5, 5.41) is 2.95. The number of benzene rings is 3. The van der Waals surface area contributed by atoms with Gasteiger partial charge in [0.25, 0.3) is 5.91 Å². The van der Waals surface area contributed by atoms with Crippen molar-refractivity contribution in [2.75, 3.05) is 12.3 Å². The zero-order chi connectivity index (χ0) is 26.5. The Labute approximate surface area is 223 Å². The number of anilines is 1. The highest BCUT2D eigenvalue weighted by atomic mass is 35.5. The molecular formula is C28H23Cl2F2N3O2. The number of hydrogen-bond acceptors (Lipinski definition) is 4. The van der Waals surface area contributed by atoms with Gasteiger partial charge >= 0.3 is 0 Å². The second-order valence-corrected chi connectivity index (χ2v) is 9.08. The molecule has 0 aliphatic carbocycles. The Balaban J connectivity index is 1.44. The maximum atomic E-state index is 13.9. The molecule has 0 aliphatic heterocycles. The molecule has 0 saturated heterocycles. The van der Waals surface area contributed by atoms with E-state index in [2.05, 4.69) is 10.3 Å². The first kappa shape index (κ1) is 26.4. The first-order valence-electron chi connectivity index (χ1n) is 11.4. The van der Waals surface area contributed by atoms with Crippen molar-refractivity contribution in [3.63, 3.8) is 0 Å². The lowest BCUT2D eigenvalue weighted by Gasteiger charge is -2.19. The first-order valence-corrected chi connectivity index (χ1v) is 12.2. The van der Waals surface area contributed by atoms with Gasteiger partial charge in [-0.15, -0.1) is 0 Å². The lowest BCUT2D eigenvalue weighted by molar-refractivity contribution is 0.0954. The summed E-state index contributed by atoms with van der Waals surface area (Å²) in [4.78, 5) is 16.7. The summed E-state index contributed by atoms with van der Waals surface area (Å²) in [5.74, 6) is -0.743. The van der Waals surface area contributed by atoms with E-state index >= 15 is 0 Å². The second-order valence-electron chi connectivity index (χ2n) is 8.30. The molecule has 1 heterocycles. The van der Waals surface area contributed by atoms with Crippen molar-refractivity contribution in [1.29, 1.82) is 0 Å². The lowest BCUT2D eigenvalue weighted by atomic mass is 10.0. The number of aromatic nitrogens is 1. The van der Waals surface area contributed by atoms with Crippen molar-refractivity contribution >= 4 is 34.9 Å². The molecule has 0 aliphatic rings. The maximum absolute atomic E-state index is 13.9. The number of nitrogens with zero attached hydrogens (tertiary/aromatic N) is 1. The van der Waals surface area contributed by atoms with Crippen LogP contribution in [0.1, 0.15) is 34.5 Å². The van der Waals surface area contributed by atoms with Crippen LogP contribution in [0.15, 0.2) is 72.9 Å². The zero-order valence-electron chi connectivity index (χ0n) is 19.8. The summed E-state index contributed by atoms with van der Waals surface area (Å²) in [6.45, 7) is 1.99. The minimum absolute atomic E-state index is 0.120. The number of nitrogens with one attached hydrogen (secondary N) is 1. The summed E-state index contributed by atoms with van der Waals surface area (Å²) in [6.07, 6.45) is 1.27. The minimum atomic E-state index is -0.703. The number of carbonyl (C=O) groups excluding carboxylic acids is 1. The second kappa shape index (κ2) is 11.6. The number of carbonyl (C=O) groups is 1. The third kappa shape index (κ3) is 6.18. The quantitative estimate of drug-likeness (QED) is 0.235. The standard InChI is InChI=1S/C28H23Cl2F2N3O2/c1-16(25-21(29)10-11-23(32)26(25)30)37-24-14-20(15-35-27(24)33)17-6-8-19(9-7-17)28(36)34-13-12-18-4-2-3-5-22(18)31/h2-11,14-16H,12-13H2,1H3,(H2,33,35)(H,34,36). The molecule has 0 fully saturated rings. The van der Waals surface area contributed by atoms with E-state index in [1.807, 2.05) is 0 Å². The summed E-state index contributed by atoms with van der Waals surface area (Å²) < 4.78 is 33.6. The Bertz CT molecular complexity index is 1430. The third-order valence-electron chi connectivity index (χ3n) is 5.79. The van der Waals surface area contributed by atoms with Crippen molar-refractivity contribution in [2.45, 2.75) is 19.4 Å². The fraction of sp³-hybridized carbons (Fsp3) is 0.143. The van der Waals surface area contributed by atoms with Crippen molar-refractivity contribution in [1.82, 2.24) is 10.3 Å². The van der Waals surface area contributed by atoms with Crippen molar-refractivity contribution < 1.29 is 18.3 Å². The molecule has 9 heteroatoms. The number of hydrogen-bond donors (Lipinski definition) is 2. The van der Waals surface area contributed by atoms with Gasteiger partial charge in [0.05, 0.1) is 5.02 Å². The molecule has 37 heavy (non-hydrogen) atoms. The highest BCUT2D eigenvalue weighted by molar-refractivity contribution is 6.36. The molecule has 1 atom stereocenters. The average Bonchev–Trinajstić information content (AvgIpc) is 2.89. The van der Waals surface area contributed by atoms with Crippen LogP contribution in [-0.2, 0) is 6.42 Å². The van der Waals surface area contributed by atoms with E-state index < -0.39 is 11.9 Å². The van der Waals surface area contributed by atoms with E-state index in [0.717, 1.165) is 5.56 Å². The van der Waals surface area contributed by atoms with Crippen LogP contribution in [0.3, 0.4) is 0 Å². The van der Waals surface area contributed by atoms with Crippen LogP contribution in [0.5, 0.6) is 5.75 Å². The Morgan fingerprint density at radius 1 is 1.03 bits per heavy atom. The number of ether oxygens (including phenoxy) is 1. The smallest absolute Gasteiger partial charge is 0.251 e. The highest BCUT2D eigenvalue weighted by Crippen LogP contribution is 2.37. The normalized spacial score (nSPS) is 11.7. The van der Waals surface area contributed by atoms with E-state index in [4.69, 9.17) is 33.7 Å². The lowest BCUT2D eigenvalue weighted by Crippen LogP contribution is -2.25. The minimum Gasteiger partial charge on any atom is -0.482 e. The van der Waals surface area contributed by atoms with Crippen molar-refractivity contribution in [3.05, 3.63) is 111 Å². The molecule has 0 spiro atoms. The van der Waals surface area contributed by atoms with E-state index in [1.165, 1.54) is 18.2 Å². The van der Waals surface area contributed by atoms with E-state index in [-0.39, 0.29) is 33.3 Å². The van der Waals surface area contributed by atoms with Crippen LogP contribution < -0.4 is 15.8 Å². The Morgan fingerprint density at radius 3 is 2.49 bits per heavy atom. The van der Waals surface area contributed by atoms with Gasteiger partial charge in [-0.1, -0.05) is 53.5 Å². The van der Waals surface area contributed by atoms with Crippen LogP contribution in [-0.4, -0.2) is 17.4 Å². The molecule has 1 amide bonds. The predicted octanol–water partition coefficient (Wildman–Crippen LogP) is 7.03. The van der Waals surface area contributed by atoms with E-state index in [1.54, 1.807) is 61.7 Å². The molecule has 0 saturated carbocycles. The number of amides is 1. The Morgan fingerprint density at radius 2 is 1.76 bits per heavy atom. The molecule has 3 aromatic carbocycles. The molecule has 1 unspecified atom stereocenters. The summed E-state index contributed by atoms with van der Waals surface area (Å²) in [6, 6.07) is 17.7. The number of nitrogens with two attached hydrogens (primary N) is 1. The van der Waals surface area contributed by atoms with Crippen LogP contribution in [0.4, 0.5) is 14.6 Å². The van der Waals surface area contributed by atoms with Gasteiger partial charge in [0.1, 0.15) is 17.7 Å². The largest absolute Gasteiger partial charge is 0.482 e. The summed E-state index contributed by atoms with van der Waals surface area (Å²) in [7, 11) is 0. The fourth-order valence-electron chi connectivity index (χ4n) is 3.80. The van der Waals surface area contributed by atoms with Crippen LogP contribution >= 0.6 is 23.2 Å².